The molecule has 3 aliphatic rings. The lowest BCUT2D eigenvalue weighted by molar-refractivity contribution is 0.178. The Kier molecular flexibility index (Phi) is 5.37. The van der Waals surface area contributed by atoms with Crippen molar-refractivity contribution in [3.05, 3.63) is 36.0 Å². The number of carbonyl (C=O) groups is 1. The first-order valence-corrected chi connectivity index (χ1v) is 11.0. The van der Waals surface area contributed by atoms with E-state index in [0.717, 1.165) is 56.9 Å². The van der Waals surface area contributed by atoms with Crippen LogP contribution in [0.5, 0.6) is 0 Å². The standard InChI is InChI=1S/C22H30N8O/c1-27-9-11-29(12-10-27)18-5-3-17(4-6-18)25-21-24-13-16-15-30(19-7-8-23-14-19)22(31)28(2)20(16)26-21/h3-6,13,19,23H,7-12,14-15H2,1-2H3,(H,24,25,26). The topological polar surface area (TPSA) is 79.9 Å². The van der Waals surface area contributed by atoms with Crippen LogP contribution in [0.3, 0.4) is 0 Å². The second kappa shape index (κ2) is 8.32. The third-order valence-electron chi connectivity index (χ3n) is 6.50. The summed E-state index contributed by atoms with van der Waals surface area (Å²) >= 11 is 0. The maximum atomic E-state index is 12.9. The third kappa shape index (κ3) is 4.03. The zero-order chi connectivity index (χ0) is 21.4. The van der Waals surface area contributed by atoms with Crippen LogP contribution < -0.4 is 20.4 Å². The van der Waals surface area contributed by atoms with Crippen molar-refractivity contribution in [3.63, 3.8) is 0 Å². The number of benzene rings is 1. The molecule has 0 spiro atoms. The normalized spacial score (nSPS) is 22.1. The van der Waals surface area contributed by atoms with E-state index in [0.29, 0.717) is 18.3 Å². The van der Waals surface area contributed by atoms with Gasteiger partial charge < -0.3 is 25.3 Å². The number of nitrogens with one attached hydrogen (secondary N) is 2. The minimum atomic E-state index is 0.00220. The van der Waals surface area contributed by atoms with E-state index in [1.807, 2.05) is 11.1 Å². The van der Waals surface area contributed by atoms with Gasteiger partial charge in [-0.3, -0.25) is 4.90 Å². The number of urea groups is 1. The van der Waals surface area contributed by atoms with Crippen molar-refractivity contribution in [2.75, 3.05) is 68.5 Å². The maximum Gasteiger partial charge on any atom is 0.326 e. The van der Waals surface area contributed by atoms with Gasteiger partial charge in [0.1, 0.15) is 5.82 Å². The Hall–Kier alpha value is -2.91. The van der Waals surface area contributed by atoms with Gasteiger partial charge in [-0.1, -0.05) is 0 Å². The van der Waals surface area contributed by atoms with E-state index in [9.17, 15) is 4.79 Å². The Labute approximate surface area is 183 Å². The van der Waals surface area contributed by atoms with E-state index < -0.39 is 0 Å². The molecule has 2 amide bonds. The zero-order valence-corrected chi connectivity index (χ0v) is 18.2. The highest BCUT2D eigenvalue weighted by Crippen LogP contribution is 2.29. The Morgan fingerprint density at radius 2 is 1.87 bits per heavy atom. The van der Waals surface area contributed by atoms with Crippen molar-refractivity contribution in [1.82, 2.24) is 25.1 Å². The monoisotopic (exact) mass is 422 g/mol. The number of hydrogen-bond donors (Lipinski definition) is 2. The molecule has 1 atom stereocenters. The fraction of sp³-hybridized carbons (Fsp3) is 0.500. The first kappa shape index (κ1) is 20.0. The highest BCUT2D eigenvalue weighted by Gasteiger charge is 2.35. The molecule has 2 aromatic rings. The molecule has 1 aromatic heterocycles. The van der Waals surface area contributed by atoms with Crippen LogP contribution in [-0.2, 0) is 6.54 Å². The van der Waals surface area contributed by atoms with Crippen LogP contribution in [0.25, 0.3) is 0 Å². The van der Waals surface area contributed by atoms with Crippen LogP contribution in [0.15, 0.2) is 30.5 Å². The molecule has 1 aromatic carbocycles. The number of piperazine rings is 1. The number of carbonyl (C=O) groups excluding carboxylic acids is 1. The summed E-state index contributed by atoms with van der Waals surface area (Å²) in [7, 11) is 3.95. The van der Waals surface area contributed by atoms with Crippen molar-refractivity contribution in [2.45, 2.75) is 19.0 Å². The highest BCUT2D eigenvalue weighted by molar-refractivity contribution is 5.93. The second-order valence-electron chi connectivity index (χ2n) is 8.62. The molecule has 2 N–H and O–H groups in total. The quantitative estimate of drug-likeness (QED) is 0.776. The van der Waals surface area contributed by atoms with Gasteiger partial charge in [-0.05, 0) is 44.3 Å². The lowest BCUT2D eigenvalue weighted by Gasteiger charge is -2.37. The van der Waals surface area contributed by atoms with Crippen LogP contribution >= 0.6 is 0 Å². The molecule has 164 valence electrons. The van der Waals surface area contributed by atoms with E-state index >= 15 is 0 Å². The summed E-state index contributed by atoms with van der Waals surface area (Å²) in [5.74, 6) is 1.18. The van der Waals surface area contributed by atoms with Gasteiger partial charge in [0, 0.05) is 68.9 Å². The molecule has 0 radical (unpaired) electrons. The van der Waals surface area contributed by atoms with Gasteiger partial charge in [-0.25, -0.2) is 9.78 Å². The maximum absolute atomic E-state index is 12.9. The smallest absolute Gasteiger partial charge is 0.326 e. The van der Waals surface area contributed by atoms with E-state index in [2.05, 4.69) is 61.7 Å². The molecule has 2 saturated heterocycles. The van der Waals surface area contributed by atoms with E-state index in [-0.39, 0.29) is 12.1 Å². The summed E-state index contributed by atoms with van der Waals surface area (Å²) in [6.07, 6.45) is 2.82. The number of aromatic nitrogens is 2. The molecule has 9 nitrogen and oxygen atoms in total. The Morgan fingerprint density at radius 1 is 1.10 bits per heavy atom. The minimum absolute atomic E-state index is 0.00220. The lowest BCUT2D eigenvalue weighted by Crippen LogP contribution is -2.51. The molecular weight excluding hydrogens is 392 g/mol. The second-order valence-corrected chi connectivity index (χ2v) is 8.62. The van der Waals surface area contributed by atoms with Gasteiger partial charge >= 0.3 is 6.03 Å². The Bertz CT molecular complexity index is 935. The van der Waals surface area contributed by atoms with Crippen molar-refractivity contribution in [2.24, 2.45) is 0 Å². The summed E-state index contributed by atoms with van der Waals surface area (Å²) in [4.78, 5) is 30.4. The first-order chi connectivity index (χ1) is 15.1. The minimum Gasteiger partial charge on any atom is -0.369 e. The molecule has 0 saturated carbocycles. The third-order valence-corrected chi connectivity index (χ3v) is 6.50. The average Bonchev–Trinajstić information content (AvgIpc) is 3.32. The summed E-state index contributed by atoms with van der Waals surface area (Å²) in [5.41, 5.74) is 3.14. The van der Waals surface area contributed by atoms with Crippen molar-refractivity contribution < 1.29 is 4.79 Å². The van der Waals surface area contributed by atoms with Crippen molar-refractivity contribution in [3.8, 4) is 0 Å². The van der Waals surface area contributed by atoms with Crippen LogP contribution in [-0.4, -0.2) is 85.2 Å². The summed E-state index contributed by atoms with van der Waals surface area (Å²) in [6.45, 7) is 6.63. The van der Waals surface area contributed by atoms with Gasteiger partial charge in [0.05, 0.1) is 6.54 Å². The summed E-state index contributed by atoms with van der Waals surface area (Å²) < 4.78 is 0. The number of fused-ring (bicyclic) bond motifs is 1. The highest BCUT2D eigenvalue weighted by atomic mass is 16.2. The predicted octanol–water partition coefficient (Wildman–Crippen LogP) is 1.71. The summed E-state index contributed by atoms with van der Waals surface area (Å²) in [5, 5.41) is 6.62. The fourth-order valence-corrected chi connectivity index (χ4v) is 4.53. The molecule has 1 unspecified atom stereocenters. The number of anilines is 4. The van der Waals surface area contributed by atoms with Gasteiger partial charge in [0.2, 0.25) is 5.95 Å². The Balaban J connectivity index is 1.28. The van der Waals surface area contributed by atoms with Crippen LogP contribution in [0.4, 0.5) is 27.9 Å². The zero-order valence-electron chi connectivity index (χ0n) is 18.2. The molecule has 31 heavy (non-hydrogen) atoms. The van der Waals surface area contributed by atoms with E-state index in [4.69, 9.17) is 0 Å². The largest absolute Gasteiger partial charge is 0.369 e. The number of hydrogen-bond acceptors (Lipinski definition) is 7. The van der Waals surface area contributed by atoms with Crippen LogP contribution in [0.2, 0.25) is 0 Å². The van der Waals surface area contributed by atoms with Gasteiger partial charge in [-0.15, -0.1) is 0 Å². The molecule has 0 bridgehead atoms. The molecular formula is C22H30N8O. The fourth-order valence-electron chi connectivity index (χ4n) is 4.53. The van der Waals surface area contributed by atoms with Crippen molar-refractivity contribution in [1.29, 1.82) is 0 Å². The lowest BCUT2D eigenvalue weighted by atomic mass is 10.1. The SMILES string of the molecule is CN1CCN(c2ccc(Nc3ncc4c(n3)N(C)C(=O)N(C3CCNC3)C4)cc2)CC1. The van der Waals surface area contributed by atoms with Gasteiger partial charge in [0.15, 0.2) is 0 Å². The van der Waals surface area contributed by atoms with E-state index in [1.54, 1.807) is 11.9 Å². The molecule has 2 fully saturated rings. The van der Waals surface area contributed by atoms with E-state index in [1.165, 1.54) is 5.69 Å². The van der Waals surface area contributed by atoms with Gasteiger partial charge in [-0.2, -0.15) is 4.98 Å². The number of nitrogens with zero attached hydrogens (tertiary/aromatic N) is 6. The van der Waals surface area contributed by atoms with Crippen LogP contribution in [0.1, 0.15) is 12.0 Å². The Morgan fingerprint density at radius 3 is 2.58 bits per heavy atom. The molecule has 5 rings (SSSR count). The van der Waals surface area contributed by atoms with Crippen molar-refractivity contribution >= 4 is 29.2 Å². The average molecular weight is 423 g/mol. The number of amides is 2. The predicted molar refractivity (Wildman–Crippen MR) is 122 cm³/mol. The van der Waals surface area contributed by atoms with Gasteiger partial charge in [0.25, 0.3) is 0 Å². The first-order valence-electron chi connectivity index (χ1n) is 11.0. The van der Waals surface area contributed by atoms with Crippen LogP contribution in [0, 0.1) is 0 Å². The molecule has 4 heterocycles. The summed E-state index contributed by atoms with van der Waals surface area (Å²) in [6, 6.07) is 8.62. The number of rotatable bonds is 4. The number of likely N-dealkylation sites (N-methyl/N-ethyl adjacent to an activating group) is 1. The molecule has 9 heteroatoms. The molecule has 0 aliphatic carbocycles. The molecule has 3 aliphatic heterocycles.